The van der Waals surface area contributed by atoms with Crippen LogP contribution >= 0.6 is 24.0 Å². The van der Waals surface area contributed by atoms with Crippen LogP contribution in [0.5, 0.6) is 5.75 Å². The van der Waals surface area contributed by atoms with E-state index in [1.165, 1.54) is 35.9 Å². The number of thiocarbonyl (C=S) groups is 1. The molecule has 1 aromatic heterocycles. The summed E-state index contributed by atoms with van der Waals surface area (Å²) in [6, 6.07) is 13.1. The second-order valence-corrected chi connectivity index (χ2v) is 9.80. The number of aromatic hydroxyl groups is 1. The predicted molar refractivity (Wildman–Crippen MR) is 140 cm³/mol. The monoisotopic (exact) mass is 522 g/mol. The number of hydrogen-bond acceptors (Lipinski definition) is 7. The van der Waals surface area contributed by atoms with Crippen molar-refractivity contribution in [2.24, 2.45) is 0 Å². The molecule has 0 saturated carbocycles. The third-order valence-electron chi connectivity index (χ3n) is 5.81. The number of aryl methyl sites for hydroxylation is 1. The summed E-state index contributed by atoms with van der Waals surface area (Å²) < 4.78 is 7.00. The molecule has 2 heterocycles. The van der Waals surface area contributed by atoms with Gasteiger partial charge in [0.2, 0.25) is 0 Å². The van der Waals surface area contributed by atoms with Crippen molar-refractivity contribution < 1.29 is 29.3 Å². The highest BCUT2D eigenvalue weighted by molar-refractivity contribution is 8.26. The van der Waals surface area contributed by atoms with E-state index in [1.807, 2.05) is 24.5 Å². The number of carbonyl (C=O) groups is 3. The number of amides is 1. The molecule has 0 atom stereocenters. The van der Waals surface area contributed by atoms with E-state index in [0.29, 0.717) is 20.5 Å². The van der Waals surface area contributed by atoms with Crippen LogP contribution in [0.3, 0.4) is 0 Å². The number of nitrogens with zero attached hydrogens (tertiary/aromatic N) is 2. The number of hydrogen-bond donors (Lipinski definition) is 2. The molecular weight excluding hydrogens is 500 g/mol. The van der Waals surface area contributed by atoms with Gasteiger partial charge in [0.05, 0.1) is 24.1 Å². The number of methoxy groups -OCH3 is 1. The largest absolute Gasteiger partial charge is 0.507 e. The van der Waals surface area contributed by atoms with Crippen molar-refractivity contribution in [1.82, 2.24) is 9.47 Å². The van der Waals surface area contributed by atoms with Crippen LogP contribution in [-0.4, -0.2) is 49.0 Å². The summed E-state index contributed by atoms with van der Waals surface area (Å²) in [5, 5.41) is 19.2. The number of esters is 1. The number of phenols is 1. The van der Waals surface area contributed by atoms with Crippen molar-refractivity contribution in [3.63, 3.8) is 0 Å². The lowest BCUT2D eigenvalue weighted by molar-refractivity contribution is -0.122. The third kappa shape index (κ3) is 4.77. The Balaban J connectivity index is 1.59. The van der Waals surface area contributed by atoms with E-state index in [4.69, 9.17) is 17.0 Å². The zero-order valence-corrected chi connectivity index (χ0v) is 21.3. The van der Waals surface area contributed by atoms with Gasteiger partial charge in [0.1, 0.15) is 15.6 Å². The highest BCUT2D eigenvalue weighted by Crippen LogP contribution is 2.35. The molecule has 4 rings (SSSR count). The number of thioether (sulfide) groups is 1. The van der Waals surface area contributed by atoms with Gasteiger partial charge >= 0.3 is 11.9 Å². The molecule has 10 heteroatoms. The Morgan fingerprint density at radius 2 is 1.81 bits per heavy atom. The average molecular weight is 523 g/mol. The average Bonchev–Trinajstić information content (AvgIpc) is 3.28. The Hall–Kier alpha value is -3.89. The second kappa shape index (κ2) is 10.00. The smallest absolute Gasteiger partial charge is 0.339 e. The van der Waals surface area contributed by atoms with Crippen LogP contribution in [0.15, 0.2) is 53.4 Å². The number of ether oxygens (including phenoxy) is 1. The van der Waals surface area contributed by atoms with Gasteiger partial charge in [0.15, 0.2) is 0 Å². The van der Waals surface area contributed by atoms with E-state index in [9.17, 15) is 24.6 Å². The van der Waals surface area contributed by atoms with E-state index in [-0.39, 0.29) is 23.8 Å². The van der Waals surface area contributed by atoms with Crippen LogP contribution in [-0.2, 0) is 16.1 Å². The summed E-state index contributed by atoms with van der Waals surface area (Å²) in [6.07, 6.45) is 1.77. The van der Waals surface area contributed by atoms with E-state index >= 15 is 0 Å². The van der Waals surface area contributed by atoms with Gasteiger partial charge in [-0.05, 0) is 67.4 Å². The minimum absolute atomic E-state index is 0.193. The molecule has 1 amide bonds. The van der Waals surface area contributed by atoms with E-state index in [2.05, 4.69) is 0 Å². The highest BCUT2D eigenvalue weighted by Gasteiger charge is 2.32. The Bertz CT molecular complexity index is 1440. The first-order valence-corrected chi connectivity index (χ1v) is 12.0. The van der Waals surface area contributed by atoms with Gasteiger partial charge in [-0.25, -0.2) is 9.59 Å². The Morgan fingerprint density at radius 3 is 2.44 bits per heavy atom. The van der Waals surface area contributed by atoms with Crippen molar-refractivity contribution in [3.8, 4) is 11.4 Å². The molecule has 0 bridgehead atoms. The molecule has 1 aliphatic heterocycles. The minimum Gasteiger partial charge on any atom is -0.507 e. The number of carboxylic acids is 1. The van der Waals surface area contributed by atoms with Gasteiger partial charge in [-0.1, -0.05) is 36.1 Å². The lowest BCUT2D eigenvalue weighted by Gasteiger charge is -2.14. The topological polar surface area (TPSA) is 109 Å². The maximum Gasteiger partial charge on any atom is 0.339 e. The fraction of sp³-hybridized carbons (Fsp3) is 0.154. The van der Waals surface area contributed by atoms with Gasteiger partial charge in [-0.3, -0.25) is 9.69 Å². The summed E-state index contributed by atoms with van der Waals surface area (Å²) >= 11 is 6.67. The third-order valence-corrected chi connectivity index (χ3v) is 7.19. The summed E-state index contributed by atoms with van der Waals surface area (Å²) in [4.78, 5) is 38.2. The highest BCUT2D eigenvalue weighted by atomic mass is 32.2. The van der Waals surface area contributed by atoms with Crippen LogP contribution < -0.4 is 0 Å². The van der Waals surface area contributed by atoms with Crippen molar-refractivity contribution in [2.45, 2.75) is 20.4 Å². The minimum atomic E-state index is -1.22. The molecule has 0 aliphatic carbocycles. The number of benzene rings is 2. The Kier molecular flexibility index (Phi) is 7.00. The van der Waals surface area contributed by atoms with Gasteiger partial charge in [-0.15, -0.1) is 0 Å². The summed E-state index contributed by atoms with van der Waals surface area (Å²) in [5.74, 6) is -2.18. The molecule has 0 unspecified atom stereocenters. The summed E-state index contributed by atoms with van der Waals surface area (Å²) in [6.45, 7) is 4.02. The van der Waals surface area contributed by atoms with Gasteiger partial charge in [0, 0.05) is 17.1 Å². The molecule has 1 saturated heterocycles. The predicted octanol–water partition coefficient (Wildman–Crippen LogP) is 4.69. The number of carbonyl (C=O) groups excluding carboxylic acids is 2. The zero-order chi connectivity index (χ0) is 26.1. The first-order valence-electron chi connectivity index (χ1n) is 10.8. The molecule has 184 valence electrons. The standard InChI is InChI=1S/C26H22N2O6S2/c1-14-10-18(15(2)28(14)19-8-9-21(29)20(12-19)24(31)32)11-22-23(30)27(26(35)36-22)13-16-4-6-17(7-5-16)25(33)34-3/h4-12,29H,13H2,1-3H3,(H,31,32)/b22-11-. The van der Waals surface area contributed by atoms with Crippen molar-refractivity contribution in [2.75, 3.05) is 7.11 Å². The summed E-state index contributed by atoms with van der Waals surface area (Å²) in [7, 11) is 1.32. The van der Waals surface area contributed by atoms with Crippen LogP contribution in [0.1, 0.15) is 43.2 Å². The molecule has 2 N–H and O–H groups in total. The van der Waals surface area contributed by atoms with Gasteiger partial charge in [-0.2, -0.15) is 0 Å². The molecule has 1 aliphatic rings. The fourth-order valence-corrected chi connectivity index (χ4v) is 5.24. The number of carboxylic acid groups (broad SMARTS) is 1. The quantitative estimate of drug-likeness (QED) is 0.273. The zero-order valence-electron chi connectivity index (χ0n) is 19.6. The van der Waals surface area contributed by atoms with Crippen molar-refractivity contribution >= 4 is 52.2 Å². The van der Waals surface area contributed by atoms with Crippen molar-refractivity contribution in [3.05, 3.63) is 87.1 Å². The van der Waals surface area contributed by atoms with E-state index < -0.39 is 11.9 Å². The van der Waals surface area contributed by atoms with Crippen molar-refractivity contribution in [1.29, 1.82) is 0 Å². The Morgan fingerprint density at radius 1 is 1.11 bits per heavy atom. The summed E-state index contributed by atoms with van der Waals surface area (Å²) in [5.41, 5.74) is 4.07. The molecular formula is C26H22N2O6S2. The molecule has 3 aromatic rings. The van der Waals surface area contributed by atoms with E-state index in [0.717, 1.165) is 22.5 Å². The van der Waals surface area contributed by atoms with E-state index in [1.54, 1.807) is 36.4 Å². The second-order valence-electron chi connectivity index (χ2n) is 8.12. The molecule has 8 nitrogen and oxygen atoms in total. The van der Waals surface area contributed by atoms with Crippen LogP contribution in [0.4, 0.5) is 0 Å². The fourth-order valence-electron chi connectivity index (χ4n) is 3.99. The van der Waals surface area contributed by atoms with Gasteiger partial charge < -0.3 is 19.5 Å². The first-order chi connectivity index (χ1) is 17.1. The first kappa shape index (κ1) is 25.2. The molecule has 1 fully saturated rings. The maximum atomic E-state index is 13.2. The number of aromatic carboxylic acids is 1. The lowest BCUT2D eigenvalue weighted by Crippen LogP contribution is -2.27. The van der Waals surface area contributed by atoms with Gasteiger partial charge in [0.25, 0.3) is 5.91 Å². The lowest BCUT2D eigenvalue weighted by atomic mass is 10.1. The number of aromatic nitrogens is 1. The molecule has 36 heavy (non-hydrogen) atoms. The van der Waals surface area contributed by atoms with Crippen LogP contribution in [0, 0.1) is 13.8 Å². The number of rotatable bonds is 6. The molecule has 0 radical (unpaired) electrons. The maximum absolute atomic E-state index is 13.2. The van der Waals surface area contributed by atoms with Crippen LogP contribution in [0.2, 0.25) is 0 Å². The van der Waals surface area contributed by atoms with Crippen LogP contribution in [0.25, 0.3) is 11.8 Å². The molecule has 0 spiro atoms. The SMILES string of the molecule is COC(=O)c1ccc(CN2C(=O)/C(=C/c3cc(C)n(-c4ccc(O)c(C(=O)O)c4)c3C)SC2=S)cc1. The molecule has 2 aromatic carbocycles. The normalized spacial score (nSPS) is 14.5. The Labute approximate surface area is 216 Å².